The highest BCUT2D eigenvalue weighted by Gasteiger charge is 2.30. The number of amides is 2. The van der Waals surface area contributed by atoms with Crippen molar-refractivity contribution in [3.8, 4) is 11.5 Å². The number of fused-ring (bicyclic) bond motifs is 1. The molecule has 8 nitrogen and oxygen atoms in total. The van der Waals surface area contributed by atoms with Crippen LogP contribution in [0.3, 0.4) is 0 Å². The number of nitrogens with zero attached hydrogens (tertiary/aromatic N) is 1. The van der Waals surface area contributed by atoms with E-state index in [-0.39, 0.29) is 25.0 Å². The minimum Gasteiger partial charge on any atom is -0.494 e. The van der Waals surface area contributed by atoms with Gasteiger partial charge in [-0.3, -0.25) is 9.59 Å². The Morgan fingerprint density at radius 2 is 1.74 bits per heavy atom. The predicted molar refractivity (Wildman–Crippen MR) is 117 cm³/mol. The molecule has 9 heteroatoms. The Labute approximate surface area is 185 Å². The van der Waals surface area contributed by atoms with Crippen molar-refractivity contribution in [1.82, 2.24) is 4.90 Å². The van der Waals surface area contributed by atoms with Crippen LogP contribution < -0.4 is 14.8 Å². The van der Waals surface area contributed by atoms with E-state index in [1.54, 1.807) is 36.1 Å². The molecule has 1 aliphatic heterocycles. The van der Waals surface area contributed by atoms with Gasteiger partial charge >= 0.3 is 5.97 Å². The van der Waals surface area contributed by atoms with Crippen molar-refractivity contribution in [2.75, 3.05) is 31.7 Å². The van der Waals surface area contributed by atoms with E-state index in [0.29, 0.717) is 42.4 Å². The van der Waals surface area contributed by atoms with E-state index >= 15 is 0 Å². The maximum absolute atomic E-state index is 12.6. The van der Waals surface area contributed by atoms with Gasteiger partial charge in [-0.25, -0.2) is 4.79 Å². The number of ether oxygens (including phenoxy) is 3. The minimum atomic E-state index is -0.473. The zero-order chi connectivity index (χ0) is 22.4. The summed E-state index contributed by atoms with van der Waals surface area (Å²) in [7, 11) is 0. The number of hydrogen-bond donors (Lipinski definition) is 1. The number of benzene rings is 1. The van der Waals surface area contributed by atoms with Gasteiger partial charge in [0, 0.05) is 18.3 Å². The van der Waals surface area contributed by atoms with Crippen LogP contribution in [0.2, 0.25) is 0 Å². The SMILES string of the molecule is CCOC(=O)c1c(NC(=O)COc2ccc(OCC)cc2)sc2c1CCN(C(C)=O)C2. The molecule has 2 aromatic rings. The van der Waals surface area contributed by atoms with Crippen molar-refractivity contribution in [1.29, 1.82) is 0 Å². The van der Waals surface area contributed by atoms with Crippen LogP contribution in [0.1, 0.15) is 41.6 Å². The quantitative estimate of drug-likeness (QED) is 0.626. The lowest BCUT2D eigenvalue weighted by atomic mass is 10.0. The van der Waals surface area contributed by atoms with Crippen LogP contribution in [-0.4, -0.2) is 49.0 Å². The van der Waals surface area contributed by atoms with Crippen molar-refractivity contribution in [2.24, 2.45) is 0 Å². The summed E-state index contributed by atoms with van der Waals surface area (Å²) in [5.74, 6) is 0.375. The van der Waals surface area contributed by atoms with Crippen LogP contribution in [0.25, 0.3) is 0 Å². The highest BCUT2D eigenvalue weighted by Crippen LogP contribution is 2.37. The zero-order valence-electron chi connectivity index (χ0n) is 17.9. The molecule has 2 heterocycles. The Hall–Kier alpha value is -3.07. The smallest absolute Gasteiger partial charge is 0.341 e. The molecule has 3 rings (SSSR count). The number of nitrogens with one attached hydrogen (secondary N) is 1. The van der Waals surface area contributed by atoms with E-state index in [9.17, 15) is 14.4 Å². The molecule has 0 atom stereocenters. The molecule has 2 amide bonds. The molecule has 0 spiro atoms. The van der Waals surface area contributed by atoms with Crippen LogP contribution in [0.4, 0.5) is 5.00 Å². The van der Waals surface area contributed by atoms with E-state index in [0.717, 1.165) is 16.2 Å². The normalized spacial score (nSPS) is 12.7. The van der Waals surface area contributed by atoms with Crippen molar-refractivity contribution in [3.63, 3.8) is 0 Å². The van der Waals surface area contributed by atoms with E-state index in [2.05, 4.69) is 5.32 Å². The lowest BCUT2D eigenvalue weighted by Crippen LogP contribution is -2.34. The van der Waals surface area contributed by atoms with E-state index in [1.165, 1.54) is 18.3 Å². The molecule has 166 valence electrons. The fourth-order valence-electron chi connectivity index (χ4n) is 3.29. The van der Waals surface area contributed by atoms with Crippen LogP contribution in [0.5, 0.6) is 11.5 Å². The van der Waals surface area contributed by atoms with Gasteiger partial charge in [0.05, 0.1) is 25.3 Å². The first-order valence-corrected chi connectivity index (χ1v) is 11.0. The molecule has 1 aromatic carbocycles. The highest BCUT2D eigenvalue weighted by molar-refractivity contribution is 7.17. The number of thiophene rings is 1. The number of carbonyl (C=O) groups excluding carboxylic acids is 3. The molecule has 0 aliphatic carbocycles. The molecule has 1 aliphatic rings. The maximum Gasteiger partial charge on any atom is 0.341 e. The number of esters is 1. The summed E-state index contributed by atoms with van der Waals surface area (Å²) in [5.41, 5.74) is 1.21. The van der Waals surface area contributed by atoms with Gasteiger partial charge in [-0.05, 0) is 50.1 Å². The third-order valence-corrected chi connectivity index (χ3v) is 5.87. The Bertz CT molecular complexity index is 954. The molecular formula is C22H26N2O6S. The second-order valence-electron chi connectivity index (χ2n) is 6.86. The predicted octanol–water partition coefficient (Wildman–Crippen LogP) is 3.25. The Morgan fingerprint density at radius 1 is 1.06 bits per heavy atom. The number of anilines is 1. The molecular weight excluding hydrogens is 420 g/mol. The third-order valence-electron chi connectivity index (χ3n) is 4.74. The second kappa shape index (κ2) is 10.3. The second-order valence-corrected chi connectivity index (χ2v) is 7.97. The molecule has 0 unspecified atom stereocenters. The average Bonchev–Trinajstić information content (AvgIpc) is 3.10. The summed E-state index contributed by atoms with van der Waals surface area (Å²) in [6.45, 7) is 6.69. The van der Waals surface area contributed by atoms with E-state index in [1.807, 2.05) is 6.92 Å². The Balaban J connectivity index is 1.71. The first-order chi connectivity index (χ1) is 14.9. The number of rotatable bonds is 8. The van der Waals surface area contributed by atoms with Crippen LogP contribution in [0.15, 0.2) is 24.3 Å². The van der Waals surface area contributed by atoms with Crippen molar-refractivity contribution < 1.29 is 28.6 Å². The molecule has 0 fully saturated rings. The summed E-state index contributed by atoms with van der Waals surface area (Å²) in [6, 6.07) is 6.98. The van der Waals surface area contributed by atoms with Gasteiger partial charge in [0.25, 0.3) is 5.91 Å². The number of hydrogen-bond acceptors (Lipinski definition) is 7. The van der Waals surface area contributed by atoms with Crippen molar-refractivity contribution >= 4 is 34.1 Å². The highest BCUT2D eigenvalue weighted by atomic mass is 32.1. The summed E-state index contributed by atoms with van der Waals surface area (Å²) in [6.07, 6.45) is 0.540. The minimum absolute atomic E-state index is 0.0222. The molecule has 1 aromatic heterocycles. The lowest BCUT2D eigenvalue weighted by molar-refractivity contribution is -0.129. The fourth-order valence-corrected chi connectivity index (χ4v) is 4.56. The molecule has 0 radical (unpaired) electrons. The van der Waals surface area contributed by atoms with Gasteiger partial charge in [0.15, 0.2) is 6.61 Å². The van der Waals surface area contributed by atoms with Crippen LogP contribution in [0, 0.1) is 0 Å². The largest absolute Gasteiger partial charge is 0.494 e. The van der Waals surface area contributed by atoms with Crippen LogP contribution in [-0.2, 0) is 27.3 Å². The van der Waals surface area contributed by atoms with Crippen LogP contribution >= 0.6 is 11.3 Å². The Kier molecular flexibility index (Phi) is 7.51. The zero-order valence-corrected chi connectivity index (χ0v) is 18.7. The summed E-state index contributed by atoms with van der Waals surface area (Å²) < 4.78 is 16.1. The van der Waals surface area contributed by atoms with Gasteiger partial charge in [-0.1, -0.05) is 0 Å². The molecule has 0 saturated heterocycles. The summed E-state index contributed by atoms with van der Waals surface area (Å²) in [5, 5.41) is 3.20. The van der Waals surface area contributed by atoms with E-state index < -0.39 is 5.97 Å². The molecule has 31 heavy (non-hydrogen) atoms. The van der Waals surface area contributed by atoms with Gasteiger partial charge < -0.3 is 24.4 Å². The topological polar surface area (TPSA) is 94.2 Å². The standard InChI is InChI=1S/C22H26N2O6S/c1-4-28-15-6-8-16(9-7-15)30-13-19(26)23-21-20(22(27)29-5-2)17-10-11-24(14(3)25)12-18(17)31-21/h6-9H,4-5,10-13H2,1-3H3,(H,23,26). The third kappa shape index (κ3) is 5.55. The first-order valence-electron chi connectivity index (χ1n) is 10.2. The van der Waals surface area contributed by atoms with Gasteiger partial charge in [0.2, 0.25) is 5.91 Å². The summed E-state index contributed by atoms with van der Waals surface area (Å²) >= 11 is 1.30. The monoisotopic (exact) mass is 446 g/mol. The molecule has 0 saturated carbocycles. The van der Waals surface area contributed by atoms with Gasteiger partial charge in [-0.2, -0.15) is 0 Å². The van der Waals surface area contributed by atoms with Crippen molar-refractivity contribution in [3.05, 3.63) is 40.3 Å². The average molecular weight is 447 g/mol. The summed E-state index contributed by atoms with van der Waals surface area (Å²) in [4.78, 5) is 39.4. The first kappa shape index (κ1) is 22.6. The Morgan fingerprint density at radius 3 is 2.35 bits per heavy atom. The van der Waals surface area contributed by atoms with Crippen molar-refractivity contribution in [2.45, 2.75) is 33.7 Å². The van der Waals surface area contributed by atoms with E-state index in [4.69, 9.17) is 14.2 Å². The molecule has 1 N–H and O–H groups in total. The molecule has 0 bridgehead atoms. The fraction of sp³-hybridized carbons (Fsp3) is 0.409. The maximum atomic E-state index is 12.6. The number of carbonyl (C=O) groups is 3. The van der Waals surface area contributed by atoms with Gasteiger partial charge in [0.1, 0.15) is 16.5 Å². The lowest BCUT2D eigenvalue weighted by Gasteiger charge is -2.25. The van der Waals surface area contributed by atoms with Gasteiger partial charge in [-0.15, -0.1) is 11.3 Å².